The monoisotopic (exact) mass is 247 g/mol. The average molecular weight is 247 g/mol. The first-order valence-corrected chi connectivity index (χ1v) is 6.93. The Labute approximate surface area is 108 Å². The minimum absolute atomic E-state index is 0.199. The van der Waals surface area contributed by atoms with Crippen molar-refractivity contribution in [1.29, 1.82) is 0 Å². The Balaban J connectivity index is 1.74. The molecule has 18 heavy (non-hydrogen) atoms. The second-order valence-corrected chi connectivity index (χ2v) is 5.41. The Kier molecular flexibility index (Phi) is 3.12. The molecule has 1 aromatic rings. The van der Waals surface area contributed by atoms with Crippen LogP contribution in [-0.4, -0.2) is 41.6 Å². The van der Waals surface area contributed by atoms with Gasteiger partial charge in [0.25, 0.3) is 5.91 Å². The van der Waals surface area contributed by atoms with Crippen molar-refractivity contribution in [2.24, 2.45) is 0 Å². The first-order chi connectivity index (χ1) is 8.79. The largest absolute Gasteiger partial charge is 0.340 e. The van der Waals surface area contributed by atoms with E-state index in [-0.39, 0.29) is 5.91 Å². The standard InChI is InChI=1S/C14H21N3O/c1-15-11-7-9-16(10-11)14(18)13-6-3-8-17(13)12-4-2-5-12/h3,6,8,11-12,15H,2,4-5,7,9-10H2,1H3. The van der Waals surface area contributed by atoms with Crippen molar-refractivity contribution < 1.29 is 4.79 Å². The van der Waals surface area contributed by atoms with Gasteiger partial charge in [0.1, 0.15) is 5.69 Å². The van der Waals surface area contributed by atoms with Gasteiger partial charge in [-0.25, -0.2) is 0 Å². The highest BCUT2D eigenvalue weighted by molar-refractivity contribution is 5.93. The van der Waals surface area contributed by atoms with Gasteiger partial charge in [-0.3, -0.25) is 4.79 Å². The predicted octanol–water partition coefficient (Wildman–Crippen LogP) is 1.65. The lowest BCUT2D eigenvalue weighted by Gasteiger charge is -2.29. The summed E-state index contributed by atoms with van der Waals surface area (Å²) >= 11 is 0. The maximum atomic E-state index is 12.5. The van der Waals surface area contributed by atoms with Gasteiger partial charge < -0.3 is 14.8 Å². The molecule has 0 bridgehead atoms. The molecule has 1 N–H and O–H groups in total. The molecule has 1 saturated carbocycles. The van der Waals surface area contributed by atoms with Gasteiger partial charge >= 0.3 is 0 Å². The van der Waals surface area contributed by atoms with E-state index in [1.165, 1.54) is 19.3 Å². The van der Waals surface area contributed by atoms with E-state index in [9.17, 15) is 4.79 Å². The minimum atomic E-state index is 0.199. The lowest BCUT2D eigenvalue weighted by atomic mass is 9.93. The van der Waals surface area contributed by atoms with Crippen LogP contribution in [0.5, 0.6) is 0 Å². The van der Waals surface area contributed by atoms with Gasteiger partial charge in [0.05, 0.1) is 0 Å². The summed E-state index contributed by atoms with van der Waals surface area (Å²) in [5, 5.41) is 3.25. The van der Waals surface area contributed by atoms with Gasteiger partial charge in [-0.15, -0.1) is 0 Å². The third-order valence-corrected chi connectivity index (χ3v) is 4.35. The molecule has 1 aromatic heterocycles. The molecule has 1 unspecified atom stereocenters. The molecule has 4 nitrogen and oxygen atoms in total. The molecule has 1 aliphatic carbocycles. The second-order valence-electron chi connectivity index (χ2n) is 5.41. The summed E-state index contributed by atoms with van der Waals surface area (Å²) in [6.45, 7) is 1.71. The van der Waals surface area contributed by atoms with E-state index in [0.29, 0.717) is 12.1 Å². The Morgan fingerprint density at radius 2 is 2.22 bits per heavy atom. The molecule has 1 saturated heterocycles. The summed E-state index contributed by atoms with van der Waals surface area (Å²) in [6, 6.07) is 4.98. The quantitative estimate of drug-likeness (QED) is 0.882. The number of hydrogen-bond donors (Lipinski definition) is 1. The van der Waals surface area contributed by atoms with Gasteiger partial charge in [0.15, 0.2) is 0 Å². The highest BCUT2D eigenvalue weighted by Crippen LogP contribution is 2.33. The fraction of sp³-hybridized carbons (Fsp3) is 0.643. The number of hydrogen-bond acceptors (Lipinski definition) is 2. The van der Waals surface area contributed by atoms with Crippen LogP contribution < -0.4 is 5.32 Å². The number of aromatic nitrogens is 1. The van der Waals surface area contributed by atoms with E-state index in [2.05, 4.69) is 16.1 Å². The number of likely N-dealkylation sites (tertiary alicyclic amines) is 1. The zero-order valence-electron chi connectivity index (χ0n) is 10.9. The van der Waals surface area contributed by atoms with Crippen LogP contribution in [0.25, 0.3) is 0 Å². The summed E-state index contributed by atoms with van der Waals surface area (Å²) < 4.78 is 2.18. The van der Waals surface area contributed by atoms with Crippen molar-refractivity contribution in [3.05, 3.63) is 24.0 Å². The zero-order chi connectivity index (χ0) is 12.5. The van der Waals surface area contributed by atoms with Crippen LogP contribution in [0.2, 0.25) is 0 Å². The maximum Gasteiger partial charge on any atom is 0.270 e. The van der Waals surface area contributed by atoms with E-state index in [4.69, 9.17) is 0 Å². The Hall–Kier alpha value is -1.29. The normalized spacial score (nSPS) is 24.3. The van der Waals surface area contributed by atoms with Gasteiger partial charge in [0.2, 0.25) is 0 Å². The summed E-state index contributed by atoms with van der Waals surface area (Å²) in [7, 11) is 1.97. The molecule has 1 aliphatic heterocycles. The van der Waals surface area contributed by atoms with E-state index >= 15 is 0 Å². The van der Waals surface area contributed by atoms with Gasteiger partial charge in [-0.1, -0.05) is 0 Å². The Morgan fingerprint density at radius 1 is 1.39 bits per heavy atom. The molecule has 2 fully saturated rings. The number of amides is 1. The van der Waals surface area contributed by atoms with Crippen LogP contribution >= 0.6 is 0 Å². The van der Waals surface area contributed by atoms with Crippen molar-refractivity contribution in [3.63, 3.8) is 0 Å². The number of nitrogens with zero attached hydrogens (tertiary/aromatic N) is 2. The van der Waals surface area contributed by atoms with Crippen LogP contribution in [0, 0.1) is 0 Å². The summed E-state index contributed by atoms with van der Waals surface area (Å²) in [6.07, 6.45) is 6.85. The summed E-state index contributed by atoms with van der Waals surface area (Å²) in [5.41, 5.74) is 0.872. The lowest BCUT2D eigenvalue weighted by molar-refractivity contribution is 0.0773. The average Bonchev–Trinajstić information content (AvgIpc) is 2.94. The van der Waals surface area contributed by atoms with Crippen LogP contribution in [0.15, 0.2) is 18.3 Å². The SMILES string of the molecule is CNC1CCN(C(=O)c2cccn2C2CCC2)C1. The van der Waals surface area contributed by atoms with Crippen LogP contribution in [-0.2, 0) is 0 Å². The molecule has 0 spiro atoms. The minimum Gasteiger partial charge on any atom is -0.340 e. The van der Waals surface area contributed by atoms with Crippen molar-refractivity contribution in [2.75, 3.05) is 20.1 Å². The molecule has 1 atom stereocenters. The van der Waals surface area contributed by atoms with E-state index in [1.807, 2.05) is 24.1 Å². The molecule has 2 heterocycles. The number of rotatable bonds is 3. The van der Waals surface area contributed by atoms with Gasteiger partial charge in [-0.2, -0.15) is 0 Å². The highest BCUT2D eigenvalue weighted by atomic mass is 16.2. The first kappa shape index (κ1) is 11.8. The third-order valence-electron chi connectivity index (χ3n) is 4.35. The summed E-state index contributed by atoms with van der Waals surface area (Å²) in [4.78, 5) is 14.5. The van der Waals surface area contributed by atoms with Crippen molar-refractivity contribution in [1.82, 2.24) is 14.8 Å². The van der Waals surface area contributed by atoms with Crippen LogP contribution in [0.4, 0.5) is 0 Å². The molecule has 0 radical (unpaired) electrons. The molecule has 98 valence electrons. The Bertz CT molecular complexity index is 436. The molecule has 0 aromatic carbocycles. The van der Waals surface area contributed by atoms with E-state index in [0.717, 1.165) is 25.2 Å². The number of carbonyl (C=O) groups excluding carboxylic acids is 1. The predicted molar refractivity (Wildman–Crippen MR) is 70.7 cm³/mol. The van der Waals surface area contributed by atoms with Gasteiger partial charge in [0, 0.05) is 31.4 Å². The fourth-order valence-corrected chi connectivity index (χ4v) is 2.90. The zero-order valence-corrected chi connectivity index (χ0v) is 10.9. The van der Waals surface area contributed by atoms with E-state index < -0.39 is 0 Å². The summed E-state index contributed by atoms with van der Waals surface area (Å²) in [5.74, 6) is 0.199. The Morgan fingerprint density at radius 3 is 2.83 bits per heavy atom. The molecule has 1 amide bonds. The molecule has 4 heteroatoms. The van der Waals surface area contributed by atoms with Crippen molar-refractivity contribution in [3.8, 4) is 0 Å². The lowest BCUT2D eigenvalue weighted by Crippen LogP contribution is -2.35. The first-order valence-electron chi connectivity index (χ1n) is 6.93. The molecular formula is C14H21N3O. The van der Waals surface area contributed by atoms with Crippen LogP contribution in [0.1, 0.15) is 42.2 Å². The van der Waals surface area contributed by atoms with Crippen molar-refractivity contribution in [2.45, 2.75) is 37.8 Å². The number of nitrogens with one attached hydrogen (secondary N) is 1. The smallest absolute Gasteiger partial charge is 0.270 e. The second kappa shape index (κ2) is 4.76. The molecular weight excluding hydrogens is 226 g/mol. The van der Waals surface area contributed by atoms with Crippen LogP contribution in [0.3, 0.4) is 0 Å². The fourth-order valence-electron chi connectivity index (χ4n) is 2.90. The molecule has 3 rings (SSSR count). The van der Waals surface area contributed by atoms with E-state index in [1.54, 1.807) is 0 Å². The van der Waals surface area contributed by atoms with Gasteiger partial charge in [-0.05, 0) is 44.9 Å². The van der Waals surface area contributed by atoms with Crippen molar-refractivity contribution >= 4 is 5.91 Å². The maximum absolute atomic E-state index is 12.5. The highest BCUT2D eigenvalue weighted by Gasteiger charge is 2.29. The number of carbonyl (C=O) groups is 1. The number of likely N-dealkylation sites (N-methyl/N-ethyl adjacent to an activating group) is 1. The third kappa shape index (κ3) is 1.94. The molecule has 2 aliphatic rings. The topological polar surface area (TPSA) is 37.3 Å².